The van der Waals surface area contributed by atoms with Gasteiger partial charge in [-0.1, -0.05) is 0 Å². The number of esters is 1. The van der Waals surface area contributed by atoms with E-state index in [1.807, 2.05) is 0 Å². The number of rotatable bonds is 8. The highest BCUT2D eigenvalue weighted by Crippen LogP contribution is 2.35. The van der Waals surface area contributed by atoms with E-state index in [9.17, 15) is 19.7 Å². The van der Waals surface area contributed by atoms with Crippen LogP contribution in [0.2, 0.25) is 0 Å². The third kappa shape index (κ3) is 5.10. The van der Waals surface area contributed by atoms with Crippen LogP contribution in [0.3, 0.4) is 0 Å². The van der Waals surface area contributed by atoms with E-state index in [1.54, 1.807) is 30.7 Å². The monoisotopic (exact) mass is 458 g/mol. The summed E-state index contributed by atoms with van der Waals surface area (Å²) in [6, 6.07) is 8.59. The lowest BCUT2D eigenvalue weighted by Crippen LogP contribution is -2.21. The van der Waals surface area contributed by atoms with Crippen molar-refractivity contribution in [3.63, 3.8) is 0 Å². The Balaban J connectivity index is 1.63. The van der Waals surface area contributed by atoms with Crippen LogP contribution in [0.15, 0.2) is 41.8 Å². The summed E-state index contributed by atoms with van der Waals surface area (Å²) in [4.78, 5) is 38.8. The number of hydrogen-bond donors (Lipinski definition) is 2. The summed E-state index contributed by atoms with van der Waals surface area (Å²) in [6.45, 7) is -0.591. The summed E-state index contributed by atoms with van der Waals surface area (Å²) in [6.07, 6.45) is 0. The van der Waals surface area contributed by atoms with Crippen LogP contribution in [-0.2, 0) is 9.53 Å². The number of benzene rings is 2. The zero-order valence-corrected chi connectivity index (χ0v) is 17.8. The number of nitrogens with zero attached hydrogens (tertiary/aromatic N) is 2. The Hall–Kier alpha value is -4.19. The van der Waals surface area contributed by atoms with Crippen LogP contribution >= 0.6 is 11.3 Å². The molecular weight excluding hydrogens is 440 g/mol. The fourth-order valence-electron chi connectivity index (χ4n) is 2.68. The minimum absolute atomic E-state index is 0.0787. The Morgan fingerprint density at radius 3 is 2.62 bits per heavy atom. The molecule has 0 fully saturated rings. The number of ether oxygens (including phenoxy) is 3. The van der Waals surface area contributed by atoms with Crippen molar-refractivity contribution in [1.82, 2.24) is 4.98 Å². The number of nitrogens with one attached hydrogen (secondary N) is 1. The summed E-state index contributed by atoms with van der Waals surface area (Å²) in [5, 5.41) is 15.3. The van der Waals surface area contributed by atoms with Gasteiger partial charge < -0.3 is 19.9 Å². The van der Waals surface area contributed by atoms with E-state index in [4.69, 9.17) is 19.9 Å². The Morgan fingerprint density at radius 2 is 1.97 bits per heavy atom. The Labute approximate surface area is 185 Å². The molecular formula is C20H18N4O7S. The predicted octanol–water partition coefficient (Wildman–Crippen LogP) is 3.11. The van der Waals surface area contributed by atoms with Crippen LogP contribution in [-0.4, -0.2) is 42.6 Å². The molecule has 0 radical (unpaired) electrons. The number of carbonyl (C=O) groups is 2. The van der Waals surface area contributed by atoms with Gasteiger partial charge in [-0.15, -0.1) is 11.3 Å². The first-order valence-electron chi connectivity index (χ1n) is 9.01. The Bertz CT molecular complexity index is 1180. The number of nitrogen functional groups attached to an aromatic ring is 1. The van der Waals surface area contributed by atoms with Crippen molar-refractivity contribution in [3.8, 4) is 22.8 Å². The molecule has 0 atom stereocenters. The number of nitrogens with two attached hydrogens (primary N) is 1. The molecule has 0 spiro atoms. The number of methoxy groups -OCH3 is 2. The minimum Gasteiger partial charge on any atom is -0.497 e. The molecule has 3 aromatic rings. The molecule has 0 aliphatic rings. The normalized spacial score (nSPS) is 10.3. The second kappa shape index (κ2) is 9.75. The number of nitro groups is 1. The predicted molar refractivity (Wildman–Crippen MR) is 117 cm³/mol. The minimum atomic E-state index is -0.881. The molecule has 0 aliphatic carbocycles. The van der Waals surface area contributed by atoms with E-state index < -0.39 is 23.4 Å². The SMILES string of the molecule is COc1ccc(OC)c(-c2csc(NC(=O)COC(=O)c3ccc([N+](=O)[O-])cc3N)n2)c1. The van der Waals surface area contributed by atoms with Crippen molar-refractivity contribution in [2.75, 3.05) is 31.9 Å². The number of hydrogen-bond acceptors (Lipinski definition) is 10. The molecule has 0 saturated carbocycles. The third-order valence-corrected chi connectivity index (χ3v) is 4.99. The molecule has 0 unspecified atom stereocenters. The van der Waals surface area contributed by atoms with Crippen molar-refractivity contribution < 1.29 is 28.7 Å². The molecule has 0 aliphatic heterocycles. The van der Waals surface area contributed by atoms with E-state index in [2.05, 4.69) is 10.3 Å². The fraction of sp³-hybridized carbons (Fsp3) is 0.150. The molecule has 32 heavy (non-hydrogen) atoms. The number of carbonyl (C=O) groups excluding carboxylic acids is 2. The summed E-state index contributed by atoms with van der Waals surface area (Å²) in [5.74, 6) is -0.286. The van der Waals surface area contributed by atoms with Crippen molar-refractivity contribution in [2.24, 2.45) is 0 Å². The lowest BCUT2D eigenvalue weighted by Gasteiger charge is -2.08. The highest BCUT2D eigenvalue weighted by Gasteiger charge is 2.18. The molecule has 1 heterocycles. The van der Waals surface area contributed by atoms with E-state index in [0.29, 0.717) is 27.9 Å². The summed E-state index contributed by atoms with van der Waals surface area (Å²) < 4.78 is 15.5. The van der Waals surface area contributed by atoms with Crippen molar-refractivity contribution in [2.45, 2.75) is 0 Å². The van der Waals surface area contributed by atoms with Crippen LogP contribution in [0.1, 0.15) is 10.4 Å². The van der Waals surface area contributed by atoms with Gasteiger partial charge in [-0.2, -0.15) is 0 Å². The zero-order valence-electron chi connectivity index (χ0n) is 17.0. The topological polar surface area (TPSA) is 156 Å². The number of non-ortho nitro benzene ring substituents is 1. The van der Waals surface area contributed by atoms with Gasteiger partial charge >= 0.3 is 5.97 Å². The summed E-state index contributed by atoms with van der Waals surface area (Å²) >= 11 is 1.18. The second-order valence-electron chi connectivity index (χ2n) is 6.26. The molecule has 2 aromatic carbocycles. The highest BCUT2D eigenvalue weighted by atomic mass is 32.1. The fourth-order valence-corrected chi connectivity index (χ4v) is 3.41. The Morgan fingerprint density at radius 1 is 1.19 bits per heavy atom. The quantitative estimate of drug-likeness (QED) is 0.224. The van der Waals surface area contributed by atoms with Crippen LogP contribution in [0.25, 0.3) is 11.3 Å². The zero-order chi connectivity index (χ0) is 23.3. The third-order valence-electron chi connectivity index (χ3n) is 4.23. The molecule has 3 rings (SSSR count). The molecule has 1 aromatic heterocycles. The molecule has 3 N–H and O–H groups in total. The highest BCUT2D eigenvalue weighted by molar-refractivity contribution is 7.14. The first kappa shape index (κ1) is 22.5. The molecule has 11 nitrogen and oxygen atoms in total. The van der Waals surface area contributed by atoms with Crippen molar-refractivity contribution in [3.05, 3.63) is 57.5 Å². The summed E-state index contributed by atoms with van der Waals surface area (Å²) in [7, 11) is 3.08. The van der Waals surface area contributed by atoms with Gasteiger partial charge in [-0.25, -0.2) is 9.78 Å². The number of amides is 1. The average molecular weight is 458 g/mol. The van der Waals surface area contributed by atoms with E-state index in [0.717, 1.165) is 12.1 Å². The van der Waals surface area contributed by atoms with E-state index in [-0.39, 0.29) is 16.9 Å². The second-order valence-corrected chi connectivity index (χ2v) is 7.12. The average Bonchev–Trinajstić information content (AvgIpc) is 3.25. The van der Waals surface area contributed by atoms with Gasteiger partial charge in [0.1, 0.15) is 11.5 Å². The van der Waals surface area contributed by atoms with E-state index >= 15 is 0 Å². The van der Waals surface area contributed by atoms with Gasteiger partial charge in [0.15, 0.2) is 11.7 Å². The molecule has 166 valence electrons. The van der Waals surface area contributed by atoms with Crippen molar-refractivity contribution in [1.29, 1.82) is 0 Å². The van der Waals surface area contributed by atoms with Gasteiger partial charge in [0.25, 0.3) is 11.6 Å². The molecule has 1 amide bonds. The van der Waals surface area contributed by atoms with Crippen molar-refractivity contribution >= 4 is 39.7 Å². The van der Waals surface area contributed by atoms with Crippen LogP contribution < -0.4 is 20.5 Å². The van der Waals surface area contributed by atoms with Gasteiger partial charge in [-0.3, -0.25) is 20.2 Å². The smallest absolute Gasteiger partial charge is 0.340 e. The lowest BCUT2D eigenvalue weighted by atomic mass is 10.1. The molecule has 0 bridgehead atoms. The Kier molecular flexibility index (Phi) is 6.85. The van der Waals surface area contributed by atoms with E-state index in [1.165, 1.54) is 24.5 Å². The van der Waals surface area contributed by atoms with Crippen LogP contribution in [0.4, 0.5) is 16.5 Å². The number of thiazole rings is 1. The van der Waals surface area contributed by atoms with Gasteiger partial charge in [0, 0.05) is 23.1 Å². The standard InChI is InChI=1S/C20H18N4O7S/c1-29-12-4-6-17(30-2)14(8-12)16-10-32-20(22-16)23-18(25)9-31-19(26)13-5-3-11(24(27)28)7-15(13)21/h3-8,10H,9,21H2,1-2H3,(H,22,23,25). The van der Waals surface area contributed by atoms with Gasteiger partial charge in [0.05, 0.1) is 36.1 Å². The van der Waals surface area contributed by atoms with Gasteiger partial charge in [-0.05, 0) is 24.3 Å². The molecule has 0 saturated heterocycles. The maximum absolute atomic E-state index is 12.2. The number of nitro benzene ring substituents is 1. The van der Waals surface area contributed by atoms with Crippen LogP contribution in [0, 0.1) is 10.1 Å². The maximum atomic E-state index is 12.2. The first-order valence-corrected chi connectivity index (χ1v) is 9.89. The maximum Gasteiger partial charge on any atom is 0.340 e. The largest absolute Gasteiger partial charge is 0.497 e. The van der Waals surface area contributed by atoms with Crippen LogP contribution in [0.5, 0.6) is 11.5 Å². The lowest BCUT2D eigenvalue weighted by molar-refractivity contribution is -0.384. The molecule has 12 heteroatoms. The first-order chi connectivity index (χ1) is 15.3. The number of aromatic nitrogens is 1. The summed E-state index contributed by atoms with van der Waals surface area (Å²) in [5.41, 5.74) is 6.45. The van der Waals surface area contributed by atoms with Gasteiger partial charge in [0.2, 0.25) is 0 Å². The number of anilines is 2.